The lowest BCUT2D eigenvalue weighted by molar-refractivity contribution is 0.125. The zero-order valence-corrected chi connectivity index (χ0v) is 14.5. The van der Waals surface area contributed by atoms with E-state index in [4.69, 9.17) is 0 Å². The van der Waals surface area contributed by atoms with Gasteiger partial charge in [-0.15, -0.1) is 0 Å². The number of aliphatic hydroxyl groups excluding tert-OH is 1. The van der Waals surface area contributed by atoms with E-state index in [1.54, 1.807) is 0 Å². The van der Waals surface area contributed by atoms with Gasteiger partial charge in [-0.2, -0.15) is 4.31 Å². The highest BCUT2D eigenvalue weighted by Crippen LogP contribution is 2.20. The minimum Gasteiger partial charge on any atom is -0.388 e. The van der Waals surface area contributed by atoms with E-state index in [-0.39, 0.29) is 0 Å². The fraction of sp³-hybridized carbons (Fsp3) is 0.571. The Labute approximate surface area is 134 Å². The summed E-state index contributed by atoms with van der Waals surface area (Å²) >= 11 is 3.37. The van der Waals surface area contributed by atoms with E-state index in [0.717, 1.165) is 29.7 Å². The minimum atomic E-state index is -3.07. The third-order valence-corrected chi connectivity index (χ3v) is 5.61. The van der Waals surface area contributed by atoms with Crippen molar-refractivity contribution < 1.29 is 13.5 Å². The number of halogens is 1. The molecule has 1 atom stereocenters. The Morgan fingerprint density at radius 1 is 1.19 bits per heavy atom. The Balaban J connectivity index is 1.78. The molecule has 0 aromatic heterocycles. The first kappa shape index (κ1) is 16.9. The van der Waals surface area contributed by atoms with E-state index in [1.165, 1.54) is 10.6 Å². The van der Waals surface area contributed by atoms with Gasteiger partial charge >= 0.3 is 0 Å². The molecule has 1 saturated heterocycles. The van der Waals surface area contributed by atoms with Gasteiger partial charge in [-0.05, 0) is 24.1 Å². The summed E-state index contributed by atoms with van der Waals surface area (Å²) in [7, 11) is -3.07. The van der Waals surface area contributed by atoms with Crippen LogP contribution in [-0.2, 0) is 10.0 Å². The van der Waals surface area contributed by atoms with Crippen LogP contribution in [0.4, 0.5) is 0 Å². The van der Waals surface area contributed by atoms with Crippen LogP contribution in [0, 0.1) is 0 Å². The van der Waals surface area contributed by atoms with Gasteiger partial charge in [0.05, 0.1) is 12.4 Å². The van der Waals surface area contributed by atoms with Gasteiger partial charge in [0.25, 0.3) is 0 Å². The SMILES string of the molecule is CS(=O)(=O)N1CCN(CCC(O)c2ccc(Br)cc2)CC1. The van der Waals surface area contributed by atoms with Crippen molar-refractivity contribution in [3.05, 3.63) is 34.3 Å². The molecule has 21 heavy (non-hydrogen) atoms. The molecule has 7 heteroatoms. The van der Waals surface area contributed by atoms with Crippen molar-refractivity contribution in [3.8, 4) is 0 Å². The fourth-order valence-corrected chi connectivity index (χ4v) is 3.53. The number of piperazine rings is 1. The van der Waals surface area contributed by atoms with Crippen LogP contribution in [-0.4, -0.2) is 61.7 Å². The van der Waals surface area contributed by atoms with Gasteiger partial charge in [0.15, 0.2) is 0 Å². The molecule has 1 N–H and O–H groups in total. The topological polar surface area (TPSA) is 60.9 Å². The number of rotatable bonds is 5. The third-order valence-electron chi connectivity index (χ3n) is 3.77. The molecule has 1 heterocycles. The van der Waals surface area contributed by atoms with Crippen molar-refractivity contribution in [2.75, 3.05) is 39.0 Å². The third kappa shape index (κ3) is 5.03. The van der Waals surface area contributed by atoms with Crippen LogP contribution in [0.15, 0.2) is 28.7 Å². The average molecular weight is 377 g/mol. The number of hydrogen-bond acceptors (Lipinski definition) is 4. The predicted octanol–water partition coefficient (Wildman–Crippen LogP) is 1.45. The Hall–Kier alpha value is -0.470. The molecule has 1 aliphatic heterocycles. The van der Waals surface area contributed by atoms with Crippen LogP contribution >= 0.6 is 15.9 Å². The lowest BCUT2D eigenvalue weighted by Crippen LogP contribution is -2.48. The molecule has 1 unspecified atom stereocenters. The van der Waals surface area contributed by atoms with Crippen LogP contribution in [0.5, 0.6) is 0 Å². The van der Waals surface area contributed by atoms with Gasteiger partial charge < -0.3 is 10.0 Å². The number of aliphatic hydroxyl groups is 1. The molecule has 5 nitrogen and oxygen atoms in total. The molecule has 1 fully saturated rings. The van der Waals surface area contributed by atoms with Crippen LogP contribution in [0.25, 0.3) is 0 Å². The van der Waals surface area contributed by atoms with Gasteiger partial charge in [0, 0.05) is 37.2 Å². The lowest BCUT2D eigenvalue weighted by atomic mass is 10.1. The summed E-state index contributed by atoms with van der Waals surface area (Å²) in [4.78, 5) is 2.20. The Morgan fingerprint density at radius 2 is 1.76 bits per heavy atom. The Bertz CT molecular complexity index is 554. The normalized spacial score (nSPS) is 19.6. The van der Waals surface area contributed by atoms with Crippen molar-refractivity contribution in [2.24, 2.45) is 0 Å². The molecular weight excluding hydrogens is 356 g/mol. The predicted molar refractivity (Wildman–Crippen MR) is 86.6 cm³/mol. The van der Waals surface area contributed by atoms with Crippen molar-refractivity contribution in [3.63, 3.8) is 0 Å². The second-order valence-corrected chi connectivity index (χ2v) is 8.26. The molecule has 0 bridgehead atoms. The first-order valence-electron chi connectivity index (χ1n) is 6.97. The number of sulfonamides is 1. The van der Waals surface area contributed by atoms with Gasteiger partial charge in [0.1, 0.15) is 0 Å². The van der Waals surface area contributed by atoms with Crippen molar-refractivity contribution in [1.82, 2.24) is 9.21 Å². The molecule has 1 aromatic carbocycles. The van der Waals surface area contributed by atoms with Crippen LogP contribution < -0.4 is 0 Å². The summed E-state index contributed by atoms with van der Waals surface area (Å²) in [6.07, 6.45) is 1.42. The van der Waals surface area contributed by atoms with E-state index in [0.29, 0.717) is 19.5 Å². The molecule has 0 aliphatic carbocycles. The summed E-state index contributed by atoms with van der Waals surface area (Å²) in [5, 5.41) is 10.2. The maximum absolute atomic E-state index is 11.4. The maximum Gasteiger partial charge on any atom is 0.211 e. The van der Waals surface area contributed by atoms with Gasteiger partial charge in [-0.3, -0.25) is 0 Å². The lowest BCUT2D eigenvalue weighted by Gasteiger charge is -2.33. The van der Waals surface area contributed by atoms with Crippen LogP contribution in [0.1, 0.15) is 18.1 Å². The Kier molecular flexibility index (Phi) is 5.79. The van der Waals surface area contributed by atoms with Gasteiger partial charge in [0.2, 0.25) is 10.0 Å². The summed E-state index contributed by atoms with van der Waals surface area (Å²) in [5.41, 5.74) is 0.910. The quantitative estimate of drug-likeness (QED) is 0.844. The molecule has 1 aromatic rings. The highest BCUT2D eigenvalue weighted by atomic mass is 79.9. The average Bonchev–Trinajstić information content (AvgIpc) is 2.45. The van der Waals surface area contributed by atoms with E-state index in [2.05, 4.69) is 20.8 Å². The van der Waals surface area contributed by atoms with Gasteiger partial charge in [-0.1, -0.05) is 28.1 Å². The van der Waals surface area contributed by atoms with E-state index < -0.39 is 16.1 Å². The van der Waals surface area contributed by atoms with Gasteiger partial charge in [-0.25, -0.2) is 8.42 Å². The largest absolute Gasteiger partial charge is 0.388 e. The van der Waals surface area contributed by atoms with Crippen LogP contribution in [0.3, 0.4) is 0 Å². The molecular formula is C14H21BrN2O3S. The molecule has 0 amide bonds. The first-order valence-corrected chi connectivity index (χ1v) is 9.61. The second-order valence-electron chi connectivity index (χ2n) is 5.36. The van der Waals surface area contributed by atoms with E-state index in [9.17, 15) is 13.5 Å². The van der Waals surface area contributed by atoms with Crippen molar-refractivity contribution >= 4 is 26.0 Å². The number of benzene rings is 1. The number of nitrogens with zero attached hydrogens (tertiary/aromatic N) is 2. The van der Waals surface area contributed by atoms with Crippen molar-refractivity contribution in [1.29, 1.82) is 0 Å². The van der Waals surface area contributed by atoms with Crippen molar-refractivity contribution in [2.45, 2.75) is 12.5 Å². The standard InChI is InChI=1S/C14H21BrN2O3S/c1-21(19,20)17-10-8-16(9-11-17)7-6-14(18)12-2-4-13(15)5-3-12/h2-5,14,18H,6-11H2,1H3. The highest BCUT2D eigenvalue weighted by molar-refractivity contribution is 9.10. The minimum absolute atomic E-state index is 0.481. The molecule has 0 saturated carbocycles. The fourth-order valence-electron chi connectivity index (χ4n) is 2.44. The summed E-state index contributed by atoms with van der Waals surface area (Å²) in [6.45, 7) is 3.29. The monoisotopic (exact) mass is 376 g/mol. The highest BCUT2D eigenvalue weighted by Gasteiger charge is 2.23. The molecule has 2 rings (SSSR count). The molecule has 0 spiro atoms. The summed E-state index contributed by atoms with van der Waals surface area (Å²) in [6, 6.07) is 7.67. The van der Waals surface area contributed by atoms with Crippen LogP contribution in [0.2, 0.25) is 0 Å². The zero-order valence-electron chi connectivity index (χ0n) is 12.1. The maximum atomic E-state index is 11.4. The molecule has 1 aliphatic rings. The zero-order chi connectivity index (χ0) is 15.5. The molecule has 0 radical (unpaired) electrons. The second kappa shape index (κ2) is 7.19. The number of hydrogen-bond donors (Lipinski definition) is 1. The smallest absolute Gasteiger partial charge is 0.211 e. The van der Waals surface area contributed by atoms with E-state index >= 15 is 0 Å². The molecule has 118 valence electrons. The summed E-state index contributed by atoms with van der Waals surface area (Å²) < 4.78 is 25.4. The Morgan fingerprint density at radius 3 is 2.29 bits per heavy atom. The van der Waals surface area contributed by atoms with E-state index in [1.807, 2.05) is 24.3 Å². The summed E-state index contributed by atoms with van der Waals surface area (Å²) in [5.74, 6) is 0. The first-order chi connectivity index (χ1) is 9.86.